The zero-order valence-corrected chi connectivity index (χ0v) is 6.43. The van der Waals surface area contributed by atoms with Gasteiger partial charge in [0.25, 0.3) is 0 Å². The predicted molar refractivity (Wildman–Crippen MR) is 42.3 cm³/mol. The molecule has 0 fully saturated rings. The summed E-state index contributed by atoms with van der Waals surface area (Å²) in [5.41, 5.74) is 0.0394. The van der Waals surface area contributed by atoms with Gasteiger partial charge in [0.1, 0.15) is 0 Å². The Balaban J connectivity index is 3.18. The summed E-state index contributed by atoms with van der Waals surface area (Å²) in [6, 6.07) is 0. The van der Waals surface area contributed by atoms with E-state index in [1.54, 1.807) is 0 Å². The van der Waals surface area contributed by atoms with Crippen LogP contribution in [-0.2, 0) is 0 Å². The van der Waals surface area contributed by atoms with E-state index in [2.05, 4.69) is 4.98 Å². The molecule has 3 N–H and O–H groups in total. The molecule has 1 aromatic heterocycles. The molecule has 0 saturated carbocycles. The van der Waals surface area contributed by atoms with E-state index in [-0.39, 0.29) is 17.0 Å². The number of ether oxygens (including phenoxy) is 1. The lowest BCUT2D eigenvalue weighted by atomic mass is 9.81. The van der Waals surface area contributed by atoms with E-state index in [9.17, 15) is 0 Å². The van der Waals surface area contributed by atoms with Gasteiger partial charge in [-0.3, -0.25) is 4.98 Å². The van der Waals surface area contributed by atoms with Gasteiger partial charge in [0.2, 0.25) is 0 Å². The summed E-state index contributed by atoms with van der Waals surface area (Å²) in [4.78, 5) is 3.56. The second-order valence-corrected chi connectivity index (χ2v) is 2.15. The van der Waals surface area contributed by atoms with Crippen molar-refractivity contribution in [1.82, 2.24) is 4.98 Å². The molecule has 0 amide bonds. The van der Waals surface area contributed by atoms with Crippen molar-refractivity contribution in [2.45, 2.75) is 0 Å². The number of nitrogens with zero attached hydrogens (tertiary/aromatic N) is 1. The van der Waals surface area contributed by atoms with Crippen LogP contribution in [0.1, 0.15) is 0 Å². The first-order valence-corrected chi connectivity index (χ1v) is 3.23. The molecule has 6 heteroatoms. The van der Waals surface area contributed by atoms with Crippen LogP contribution in [0.15, 0.2) is 12.4 Å². The van der Waals surface area contributed by atoms with Crippen LogP contribution in [0.5, 0.6) is 11.5 Å². The topological polar surface area (TPSA) is 82.8 Å². The molecule has 0 aliphatic carbocycles. The molecule has 0 atom stereocenters. The lowest BCUT2D eigenvalue weighted by Gasteiger charge is -2.07. The van der Waals surface area contributed by atoms with E-state index in [1.807, 2.05) is 0 Å². The smallest absolute Gasteiger partial charge is 0.494 e. The molecule has 1 rings (SSSR count). The minimum atomic E-state index is -1.69. The summed E-state index contributed by atoms with van der Waals surface area (Å²) in [7, 11) is -0.374. The van der Waals surface area contributed by atoms with Gasteiger partial charge < -0.3 is 19.9 Å². The molecule has 5 nitrogen and oxygen atoms in total. The Kier molecular flexibility index (Phi) is 2.52. The Morgan fingerprint density at radius 3 is 2.50 bits per heavy atom. The molecule has 64 valence electrons. The molecule has 0 spiro atoms. The quantitative estimate of drug-likeness (QED) is 0.468. The van der Waals surface area contributed by atoms with Gasteiger partial charge in [0, 0.05) is 11.7 Å². The van der Waals surface area contributed by atoms with E-state index in [0.717, 1.165) is 6.20 Å². The summed E-state index contributed by atoms with van der Waals surface area (Å²) in [6.07, 6.45) is 2.37. The standard InChI is InChI=1S/C6H8BNO4/c1-12-6-4(7(10)11)2-8-3-5(6)9/h2-3,9-11H,1H3. The van der Waals surface area contributed by atoms with Crippen LogP contribution in [0.2, 0.25) is 0 Å². The van der Waals surface area contributed by atoms with E-state index in [0.29, 0.717) is 0 Å². The van der Waals surface area contributed by atoms with Crippen LogP contribution >= 0.6 is 0 Å². The Bertz CT molecular complexity index is 278. The first-order chi connectivity index (χ1) is 5.66. The van der Waals surface area contributed by atoms with Crippen LogP contribution in [0, 0.1) is 0 Å². The maximum Gasteiger partial charge on any atom is 0.494 e. The third-order valence-corrected chi connectivity index (χ3v) is 1.39. The second-order valence-electron chi connectivity index (χ2n) is 2.15. The number of rotatable bonds is 2. The van der Waals surface area contributed by atoms with Crippen molar-refractivity contribution >= 4 is 12.6 Å². The van der Waals surface area contributed by atoms with Gasteiger partial charge in [-0.05, 0) is 0 Å². The highest BCUT2D eigenvalue weighted by Crippen LogP contribution is 2.20. The zero-order valence-electron chi connectivity index (χ0n) is 6.43. The molecule has 12 heavy (non-hydrogen) atoms. The van der Waals surface area contributed by atoms with Gasteiger partial charge in [0.05, 0.1) is 13.3 Å². The summed E-state index contributed by atoms with van der Waals surface area (Å²) in [5, 5.41) is 26.7. The Labute approximate surface area is 69.4 Å². The van der Waals surface area contributed by atoms with Crippen LogP contribution < -0.4 is 10.2 Å². The van der Waals surface area contributed by atoms with Gasteiger partial charge in [-0.25, -0.2) is 0 Å². The molecular formula is C6H8BNO4. The maximum atomic E-state index is 9.13. The van der Waals surface area contributed by atoms with Gasteiger partial charge in [-0.2, -0.15) is 0 Å². The van der Waals surface area contributed by atoms with Gasteiger partial charge >= 0.3 is 7.12 Å². The summed E-state index contributed by atoms with van der Waals surface area (Å²) in [5.74, 6) is -0.192. The van der Waals surface area contributed by atoms with E-state index in [4.69, 9.17) is 19.9 Å². The van der Waals surface area contributed by atoms with Gasteiger partial charge in [-0.1, -0.05) is 0 Å². The van der Waals surface area contributed by atoms with Crippen LogP contribution in [-0.4, -0.2) is 34.4 Å². The van der Waals surface area contributed by atoms with Gasteiger partial charge in [-0.15, -0.1) is 0 Å². The highest BCUT2D eigenvalue weighted by atomic mass is 16.5. The third kappa shape index (κ3) is 1.49. The Morgan fingerprint density at radius 2 is 2.08 bits per heavy atom. The van der Waals surface area contributed by atoms with Crippen LogP contribution in [0.25, 0.3) is 0 Å². The molecule has 0 bridgehead atoms. The molecule has 0 saturated heterocycles. The fourth-order valence-electron chi connectivity index (χ4n) is 0.860. The molecule has 0 radical (unpaired) electrons. The minimum absolute atomic E-state index is 0.0278. The van der Waals surface area contributed by atoms with Crippen LogP contribution in [0.4, 0.5) is 0 Å². The number of aromatic hydroxyl groups is 1. The van der Waals surface area contributed by atoms with Crippen molar-refractivity contribution in [2.24, 2.45) is 0 Å². The Morgan fingerprint density at radius 1 is 1.42 bits per heavy atom. The Hall–Kier alpha value is -1.27. The van der Waals surface area contributed by atoms with Crippen molar-refractivity contribution in [3.8, 4) is 11.5 Å². The molecule has 0 aromatic carbocycles. The van der Waals surface area contributed by atoms with Crippen molar-refractivity contribution in [3.05, 3.63) is 12.4 Å². The van der Waals surface area contributed by atoms with E-state index >= 15 is 0 Å². The van der Waals surface area contributed by atoms with Crippen molar-refractivity contribution in [1.29, 1.82) is 0 Å². The second kappa shape index (κ2) is 3.42. The lowest BCUT2D eigenvalue weighted by Crippen LogP contribution is -2.31. The molecule has 0 aliphatic heterocycles. The van der Waals surface area contributed by atoms with E-state index in [1.165, 1.54) is 13.3 Å². The van der Waals surface area contributed by atoms with Gasteiger partial charge in [0.15, 0.2) is 11.5 Å². The minimum Gasteiger partial charge on any atom is -0.503 e. The van der Waals surface area contributed by atoms with Crippen LogP contribution in [0.3, 0.4) is 0 Å². The first-order valence-electron chi connectivity index (χ1n) is 3.23. The number of methoxy groups -OCH3 is 1. The average Bonchev–Trinajstić information content (AvgIpc) is 2.03. The summed E-state index contributed by atoms with van der Waals surface area (Å²) < 4.78 is 4.73. The van der Waals surface area contributed by atoms with Crippen molar-refractivity contribution in [2.75, 3.05) is 7.11 Å². The zero-order chi connectivity index (χ0) is 9.14. The molecule has 1 heterocycles. The molecule has 0 aliphatic rings. The predicted octanol–water partition coefficient (Wildman–Crippen LogP) is -1.52. The number of hydrogen-bond acceptors (Lipinski definition) is 5. The average molecular weight is 169 g/mol. The fraction of sp³-hybridized carbons (Fsp3) is 0.167. The number of pyridine rings is 1. The largest absolute Gasteiger partial charge is 0.503 e. The molecular weight excluding hydrogens is 161 g/mol. The third-order valence-electron chi connectivity index (χ3n) is 1.39. The number of aromatic nitrogens is 1. The monoisotopic (exact) mass is 169 g/mol. The summed E-state index contributed by atoms with van der Waals surface area (Å²) >= 11 is 0. The number of hydrogen-bond donors (Lipinski definition) is 3. The maximum absolute atomic E-state index is 9.13. The first kappa shape index (κ1) is 8.83. The molecule has 1 aromatic rings. The highest BCUT2D eigenvalue weighted by molar-refractivity contribution is 6.59. The fourth-order valence-corrected chi connectivity index (χ4v) is 0.860. The highest BCUT2D eigenvalue weighted by Gasteiger charge is 2.19. The van der Waals surface area contributed by atoms with Crippen molar-refractivity contribution in [3.63, 3.8) is 0 Å². The normalized spacial score (nSPS) is 9.58. The van der Waals surface area contributed by atoms with Crippen molar-refractivity contribution < 1.29 is 19.9 Å². The SMILES string of the molecule is COc1c(O)cncc1B(O)O. The summed E-state index contributed by atoms with van der Waals surface area (Å²) in [6.45, 7) is 0. The lowest BCUT2D eigenvalue weighted by molar-refractivity contribution is 0.369. The molecule has 0 unspecified atom stereocenters. The van der Waals surface area contributed by atoms with E-state index < -0.39 is 7.12 Å².